The summed E-state index contributed by atoms with van der Waals surface area (Å²) >= 11 is 2.71. The Hall–Kier alpha value is -2.28. The summed E-state index contributed by atoms with van der Waals surface area (Å²) < 4.78 is 61.7. The number of sulfonamides is 1. The monoisotopic (exact) mass is 447 g/mol. The normalized spacial score (nSPS) is 12.1. The van der Waals surface area contributed by atoms with Crippen LogP contribution in [-0.2, 0) is 10.0 Å². The van der Waals surface area contributed by atoms with Gasteiger partial charge in [0.15, 0.2) is 0 Å². The first kappa shape index (κ1) is 20.5. The van der Waals surface area contributed by atoms with Gasteiger partial charge in [0.25, 0.3) is 5.91 Å². The van der Waals surface area contributed by atoms with E-state index in [-0.39, 0.29) is 4.90 Å². The van der Waals surface area contributed by atoms with E-state index in [1.807, 2.05) is 17.5 Å². The van der Waals surface area contributed by atoms with Gasteiger partial charge in [-0.1, -0.05) is 6.07 Å². The van der Waals surface area contributed by atoms with Gasteiger partial charge in [-0.3, -0.25) is 4.79 Å². The Morgan fingerprint density at radius 3 is 2.46 bits per heavy atom. The molecule has 0 aliphatic carbocycles. The van der Waals surface area contributed by atoms with Crippen molar-refractivity contribution in [2.24, 2.45) is 0 Å². The molecular formula is C16H12F3N3O3S3. The van der Waals surface area contributed by atoms with Crippen molar-refractivity contribution in [3.63, 3.8) is 0 Å². The maximum Gasteiger partial charge on any atom is 0.402 e. The number of nitrogens with one attached hydrogen (secondary N) is 2. The number of halogens is 3. The molecule has 0 bridgehead atoms. The third-order valence-electron chi connectivity index (χ3n) is 3.35. The molecule has 148 valence electrons. The van der Waals surface area contributed by atoms with Crippen LogP contribution in [0.5, 0.6) is 0 Å². The topological polar surface area (TPSA) is 88.2 Å². The second-order valence-corrected chi connectivity index (χ2v) is 9.17. The van der Waals surface area contributed by atoms with Crippen LogP contribution < -0.4 is 10.0 Å². The first-order valence-corrected chi connectivity index (χ1v) is 10.8. The third-order valence-corrected chi connectivity index (χ3v) is 6.80. The third kappa shape index (κ3) is 5.16. The fourth-order valence-electron chi connectivity index (χ4n) is 2.06. The number of carbonyl (C=O) groups is 1. The molecule has 1 aromatic carbocycles. The quantitative estimate of drug-likeness (QED) is 0.599. The number of thiazole rings is 1. The SMILES string of the molecule is O=C(Nc1ccc(S(=O)(=O)NCC(F)(F)F)cc1)c1cnc(-c2cccs2)s1. The largest absolute Gasteiger partial charge is 0.402 e. The lowest BCUT2D eigenvalue weighted by Crippen LogP contribution is -2.33. The van der Waals surface area contributed by atoms with Crippen LogP contribution in [0.1, 0.15) is 9.67 Å². The molecule has 0 aliphatic rings. The Morgan fingerprint density at radius 1 is 1.14 bits per heavy atom. The summed E-state index contributed by atoms with van der Waals surface area (Å²) in [5, 5.41) is 5.20. The molecule has 0 unspecified atom stereocenters. The van der Waals surface area contributed by atoms with Gasteiger partial charge in [0, 0.05) is 5.69 Å². The highest BCUT2D eigenvalue weighted by Crippen LogP contribution is 2.29. The minimum absolute atomic E-state index is 0.297. The average molecular weight is 447 g/mol. The van der Waals surface area contributed by atoms with E-state index in [0.717, 1.165) is 17.0 Å². The van der Waals surface area contributed by atoms with E-state index < -0.39 is 28.7 Å². The first-order valence-electron chi connectivity index (χ1n) is 7.62. The number of nitrogens with zero attached hydrogens (tertiary/aromatic N) is 1. The van der Waals surface area contributed by atoms with Crippen molar-refractivity contribution in [2.45, 2.75) is 11.1 Å². The van der Waals surface area contributed by atoms with E-state index in [4.69, 9.17) is 0 Å². The van der Waals surface area contributed by atoms with Gasteiger partial charge in [-0.15, -0.1) is 22.7 Å². The molecule has 0 saturated carbocycles. The number of alkyl halides is 3. The minimum Gasteiger partial charge on any atom is -0.321 e. The van der Waals surface area contributed by atoms with Crippen LogP contribution in [0.15, 0.2) is 52.9 Å². The summed E-state index contributed by atoms with van der Waals surface area (Å²) in [6.07, 6.45) is -3.22. The Bertz CT molecular complexity index is 1060. The minimum atomic E-state index is -4.66. The zero-order valence-corrected chi connectivity index (χ0v) is 16.3. The summed E-state index contributed by atoms with van der Waals surface area (Å²) in [6, 6.07) is 8.57. The van der Waals surface area contributed by atoms with Crippen molar-refractivity contribution >= 4 is 44.3 Å². The number of thiophene rings is 1. The molecule has 0 aliphatic heterocycles. The van der Waals surface area contributed by atoms with Crippen LogP contribution >= 0.6 is 22.7 Å². The highest BCUT2D eigenvalue weighted by molar-refractivity contribution is 7.89. The van der Waals surface area contributed by atoms with Crippen molar-refractivity contribution in [1.82, 2.24) is 9.71 Å². The highest BCUT2D eigenvalue weighted by atomic mass is 32.2. The van der Waals surface area contributed by atoms with Crippen molar-refractivity contribution < 1.29 is 26.4 Å². The first-order chi connectivity index (χ1) is 13.1. The Labute approximate surface area is 166 Å². The van der Waals surface area contributed by atoms with Crippen molar-refractivity contribution in [2.75, 3.05) is 11.9 Å². The molecule has 28 heavy (non-hydrogen) atoms. The van der Waals surface area contributed by atoms with Crippen LogP contribution in [0.2, 0.25) is 0 Å². The average Bonchev–Trinajstić information content (AvgIpc) is 3.31. The number of carbonyl (C=O) groups excluding carboxylic acids is 1. The molecule has 6 nitrogen and oxygen atoms in total. The maximum absolute atomic E-state index is 12.3. The predicted molar refractivity (Wildman–Crippen MR) is 101 cm³/mol. The van der Waals surface area contributed by atoms with Gasteiger partial charge in [0.05, 0.1) is 16.0 Å². The zero-order chi connectivity index (χ0) is 20.4. The van der Waals surface area contributed by atoms with Crippen LogP contribution in [0.3, 0.4) is 0 Å². The summed E-state index contributed by atoms with van der Waals surface area (Å²) in [6.45, 7) is -1.66. The van der Waals surface area contributed by atoms with Crippen LogP contribution in [0.4, 0.5) is 18.9 Å². The number of amides is 1. The van der Waals surface area contributed by atoms with Crippen LogP contribution in [0.25, 0.3) is 9.88 Å². The fraction of sp³-hybridized carbons (Fsp3) is 0.125. The van der Waals surface area contributed by atoms with E-state index in [1.54, 1.807) is 0 Å². The molecule has 0 saturated heterocycles. The van der Waals surface area contributed by atoms with Gasteiger partial charge >= 0.3 is 6.18 Å². The molecule has 1 amide bonds. The molecule has 12 heteroatoms. The summed E-state index contributed by atoms with van der Waals surface area (Å²) in [4.78, 5) is 17.5. The number of rotatable bonds is 6. The molecule has 0 radical (unpaired) electrons. The lowest BCUT2D eigenvalue weighted by atomic mass is 10.3. The number of hydrogen-bond donors (Lipinski definition) is 2. The standard InChI is InChI=1S/C16H12F3N3O3S3/c17-16(18,19)9-21-28(24,25)11-5-3-10(4-6-11)22-14(23)13-8-20-15(27-13)12-2-1-7-26-12/h1-8,21H,9H2,(H,22,23). The van der Waals surface area contributed by atoms with Gasteiger partial charge in [-0.2, -0.15) is 13.2 Å². The molecule has 0 atom stereocenters. The number of anilines is 1. The summed E-state index contributed by atoms with van der Waals surface area (Å²) in [5.74, 6) is -0.425. The fourth-order valence-corrected chi connectivity index (χ4v) is 4.69. The Kier molecular flexibility index (Phi) is 5.84. The summed E-state index contributed by atoms with van der Waals surface area (Å²) in [5.41, 5.74) is 0.297. The Morgan fingerprint density at radius 2 is 1.86 bits per heavy atom. The molecule has 3 aromatic rings. The molecule has 2 heterocycles. The molecule has 2 aromatic heterocycles. The number of hydrogen-bond acceptors (Lipinski definition) is 6. The van der Waals surface area contributed by atoms with Gasteiger partial charge in [0.2, 0.25) is 10.0 Å². The molecular weight excluding hydrogens is 435 g/mol. The van der Waals surface area contributed by atoms with Gasteiger partial charge in [0.1, 0.15) is 16.4 Å². The molecule has 0 spiro atoms. The predicted octanol–water partition coefficient (Wildman–Crippen LogP) is 3.96. The van der Waals surface area contributed by atoms with Gasteiger partial charge < -0.3 is 5.32 Å². The Balaban J connectivity index is 1.66. The zero-order valence-electron chi connectivity index (χ0n) is 13.9. The molecule has 3 rings (SSSR count). The molecule has 0 fully saturated rings. The lowest BCUT2D eigenvalue weighted by Gasteiger charge is -2.10. The van der Waals surface area contributed by atoms with Crippen molar-refractivity contribution in [3.05, 3.63) is 52.9 Å². The lowest BCUT2D eigenvalue weighted by molar-refractivity contribution is -0.121. The maximum atomic E-state index is 12.3. The van der Waals surface area contributed by atoms with Crippen molar-refractivity contribution in [3.8, 4) is 9.88 Å². The van der Waals surface area contributed by atoms with Crippen LogP contribution in [0, 0.1) is 0 Å². The van der Waals surface area contributed by atoms with Gasteiger partial charge in [-0.05, 0) is 35.7 Å². The number of aromatic nitrogens is 1. The van der Waals surface area contributed by atoms with Gasteiger partial charge in [-0.25, -0.2) is 18.1 Å². The second-order valence-electron chi connectivity index (χ2n) is 5.43. The van der Waals surface area contributed by atoms with E-state index >= 15 is 0 Å². The van der Waals surface area contributed by atoms with Crippen molar-refractivity contribution in [1.29, 1.82) is 0 Å². The second kappa shape index (κ2) is 7.99. The number of benzene rings is 1. The van der Waals surface area contributed by atoms with Crippen LogP contribution in [-0.4, -0.2) is 32.0 Å². The van der Waals surface area contributed by atoms with E-state index in [1.165, 1.54) is 45.7 Å². The van der Waals surface area contributed by atoms with E-state index in [2.05, 4.69) is 10.3 Å². The van der Waals surface area contributed by atoms with E-state index in [9.17, 15) is 26.4 Å². The molecule has 2 N–H and O–H groups in total. The summed E-state index contributed by atoms with van der Waals surface area (Å²) in [7, 11) is -4.30. The highest BCUT2D eigenvalue weighted by Gasteiger charge is 2.30. The smallest absolute Gasteiger partial charge is 0.321 e. The van der Waals surface area contributed by atoms with E-state index in [0.29, 0.717) is 15.6 Å².